The Bertz CT molecular complexity index is 431. The van der Waals surface area contributed by atoms with Gasteiger partial charge in [0.15, 0.2) is 0 Å². The van der Waals surface area contributed by atoms with Crippen LogP contribution in [0.3, 0.4) is 0 Å². The van der Waals surface area contributed by atoms with Gasteiger partial charge in [0.2, 0.25) is 0 Å². The van der Waals surface area contributed by atoms with Crippen LogP contribution >= 0.6 is 0 Å². The summed E-state index contributed by atoms with van der Waals surface area (Å²) in [4.78, 5) is 4.49. The van der Waals surface area contributed by atoms with Crippen LogP contribution in [0, 0.1) is 23.7 Å². The first-order valence-electron chi connectivity index (χ1n) is 8.20. The monoisotopic (exact) mass is 271 g/mol. The summed E-state index contributed by atoms with van der Waals surface area (Å²) in [5.74, 6) is 3.84. The fourth-order valence-corrected chi connectivity index (χ4v) is 5.29. The van der Waals surface area contributed by atoms with Crippen molar-refractivity contribution >= 4 is 0 Å². The van der Waals surface area contributed by atoms with Crippen LogP contribution in [0.2, 0.25) is 0 Å². The lowest BCUT2D eigenvalue weighted by Crippen LogP contribution is -2.55. The van der Waals surface area contributed by atoms with Gasteiger partial charge in [-0.05, 0) is 67.9 Å². The molecule has 0 saturated heterocycles. The molecule has 3 N–H and O–H groups in total. The van der Waals surface area contributed by atoms with Crippen LogP contribution in [0.4, 0.5) is 0 Å². The Morgan fingerprint density at radius 3 is 2.35 bits per heavy atom. The van der Waals surface area contributed by atoms with Gasteiger partial charge in [0, 0.05) is 18.8 Å². The third kappa shape index (κ3) is 2.17. The van der Waals surface area contributed by atoms with E-state index in [0.29, 0.717) is 12.6 Å². The molecule has 4 aliphatic rings. The van der Waals surface area contributed by atoms with Crippen LogP contribution in [-0.4, -0.2) is 17.6 Å². The van der Waals surface area contributed by atoms with E-state index in [1.165, 1.54) is 32.1 Å². The van der Waals surface area contributed by atoms with E-state index in [1.807, 2.05) is 12.3 Å². The van der Waals surface area contributed by atoms with Crippen LogP contribution in [-0.2, 0) is 0 Å². The van der Waals surface area contributed by atoms with Crippen LogP contribution in [0.5, 0.6) is 0 Å². The molecule has 5 rings (SSSR count). The molecule has 4 bridgehead atoms. The molecular weight excluding hydrogens is 246 g/mol. The normalized spacial score (nSPS) is 40.0. The van der Waals surface area contributed by atoms with Crippen LogP contribution in [0.15, 0.2) is 24.4 Å². The van der Waals surface area contributed by atoms with Gasteiger partial charge in [-0.25, -0.2) is 0 Å². The average molecular weight is 271 g/mol. The number of aromatic nitrogens is 1. The summed E-state index contributed by atoms with van der Waals surface area (Å²) in [5.41, 5.74) is 7.11. The van der Waals surface area contributed by atoms with Crippen LogP contribution < -0.4 is 11.1 Å². The molecule has 108 valence electrons. The summed E-state index contributed by atoms with van der Waals surface area (Å²) in [5, 5.41) is 3.88. The van der Waals surface area contributed by atoms with E-state index in [9.17, 15) is 0 Å². The highest BCUT2D eigenvalue weighted by Gasteiger charge is 2.48. The number of nitrogens with zero attached hydrogens (tertiary/aromatic N) is 1. The Morgan fingerprint density at radius 2 is 1.80 bits per heavy atom. The summed E-state index contributed by atoms with van der Waals surface area (Å²) in [6.45, 7) is 0.639. The molecule has 0 radical (unpaired) electrons. The highest BCUT2D eigenvalue weighted by atomic mass is 15.0. The van der Waals surface area contributed by atoms with E-state index < -0.39 is 0 Å². The lowest BCUT2D eigenvalue weighted by Gasteiger charge is -2.55. The van der Waals surface area contributed by atoms with E-state index in [2.05, 4.69) is 22.4 Å². The summed E-state index contributed by atoms with van der Waals surface area (Å²) in [6.07, 6.45) is 9.18. The van der Waals surface area contributed by atoms with Crippen molar-refractivity contribution in [3.63, 3.8) is 0 Å². The number of rotatable bonds is 4. The molecule has 20 heavy (non-hydrogen) atoms. The average Bonchev–Trinajstić information content (AvgIpc) is 2.47. The van der Waals surface area contributed by atoms with E-state index >= 15 is 0 Å². The SMILES string of the molecule is NCC(NC1C2CC3CC(C2)CC1C3)c1ccccn1. The van der Waals surface area contributed by atoms with Crippen molar-refractivity contribution in [2.75, 3.05) is 6.54 Å². The highest BCUT2D eigenvalue weighted by Crippen LogP contribution is 2.54. The molecule has 1 heterocycles. The third-order valence-electron chi connectivity index (χ3n) is 5.90. The molecule has 0 aliphatic heterocycles. The maximum absolute atomic E-state index is 6.01. The molecular formula is C17H25N3. The van der Waals surface area contributed by atoms with Gasteiger partial charge in [0.05, 0.1) is 11.7 Å². The summed E-state index contributed by atoms with van der Waals surface area (Å²) in [7, 11) is 0. The van der Waals surface area contributed by atoms with E-state index in [1.54, 1.807) is 0 Å². The fraction of sp³-hybridized carbons (Fsp3) is 0.706. The molecule has 4 saturated carbocycles. The van der Waals surface area contributed by atoms with Gasteiger partial charge < -0.3 is 11.1 Å². The van der Waals surface area contributed by atoms with Crippen molar-refractivity contribution < 1.29 is 0 Å². The maximum atomic E-state index is 6.01. The number of hydrogen-bond donors (Lipinski definition) is 2. The topological polar surface area (TPSA) is 50.9 Å². The smallest absolute Gasteiger partial charge is 0.0621 e. The second-order valence-corrected chi connectivity index (χ2v) is 7.17. The predicted molar refractivity (Wildman–Crippen MR) is 80.0 cm³/mol. The minimum atomic E-state index is 0.221. The summed E-state index contributed by atoms with van der Waals surface area (Å²) >= 11 is 0. The Labute approximate surface area is 121 Å². The fourth-order valence-electron chi connectivity index (χ4n) is 5.29. The number of nitrogens with two attached hydrogens (primary N) is 1. The summed E-state index contributed by atoms with van der Waals surface area (Å²) in [6, 6.07) is 7.03. The quantitative estimate of drug-likeness (QED) is 0.884. The Hall–Kier alpha value is -0.930. The van der Waals surface area contributed by atoms with E-state index in [0.717, 1.165) is 29.4 Å². The van der Waals surface area contributed by atoms with Crippen molar-refractivity contribution in [1.29, 1.82) is 0 Å². The zero-order valence-electron chi connectivity index (χ0n) is 12.0. The van der Waals surface area contributed by atoms with Crippen molar-refractivity contribution in [2.24, 2.45) is 29.4 Å². The van der Waals surface area contributed by atoms with Gasteiger partial charge in [-0.15, -0.1) is 0 Å². The third-order valence-corrected chi connectivity index (χ3v) is 5.90. The molecule has 3 nitrogen and oxygen atoms in total. The van der Waals surface area contributed by atoms with Crippen molar-refractivity contribution in [3.05, 3.63) is 30.1 Å². The van der Waals surface area contributed by atoms with Gasteiger partial charge in [0.25, 0.3) is 0 Å². The molecule has 0 spiro atoms. The first-order valence-corrected chi connectivity index (χ1v) is 8.20. The maximum Gasteiger partial charge on any atom is 0.0621 e. The molecule has 1 atom stereocenters. The first-order chi connectivity index (χ1) is 9.83. The molecule has 1 aromatic heterocycles. The van der Waals surface area contributed by atoms with E-state index in [4.69, 9.17) is 5.73 Å². The molecule has 4 aliphatic carbocycles. The van der Waals surface area contributed by atoms with Gasteiger partial charge >= 0.3 is 0 Å². The number of hydrogen-bond acceptors (Lipinski definition) is 3. The van der Waals surface area contributed by atoms with Crippen LogP contribution in [0.1, 0.15) is 43.8 Å². The van der Waals surface area contributed by atoms with Gasteiger partial charge in [-0.1, -0.05) is 6.07 Å². The zero-order valence-corrected chi connectivity index (χ0v) is 12.0. The van der Waals surface area contributed by atoms with Crippen LogP contribution in [0.25, 0.3) is 0 Å². The standard InChI is InChI=1S/C17H25N3/c18-10-16(15-3-1-2-4-19-15)20-17-13-6-11-5-12(8-13)9-14(17)7-11/h1-4,11-14,16-17,20H,5-10,18H2. The summed E-state index contributed by atoms with van der Waals surface area (Å²) < 4.78 is 0. The van der Waals surface area contributed by atoms with E-state index in [-0.39, 0.29) is 6.04 Å². The molecule has 4 fully saturated rings. The first kappa shape index (κ1) is 12.8. The largest absolute Gasteiger partial charge is 0.329 e. The minimum absolute atomic E-state index is 0.221. The molecule has 0 amide bonds. The second kappa shape index (κ2) is 5.12. The Kier molecular flexibility index (Phi) is 3.27. The number of nitrogens with one attached hydrogen (secondary N) is 1. The second-order valence-electron chi connectivity index (χ2n) is 7.17. The Morgan fingerprint density at radius 1 is 1.10 bits per heavy atom. The molecule has 1 unspecified atom stereocenters. The zero-order chi connectivity index (χ0) is 13.5. The molecule has 1 aromatic rings. The van der Waals surface area contributed by atoms with Gasteiger partial charge in [-0.3, -0.25) is 4.98 Å². The lowest BCUT2D eigenvalue weighted by molar-refractivity contribution is -0.0176. The van der Waals surface area contributed by atoms with Crippen molar-refractivity contribution in [1.82, 2.24) is 10.3 Å². The van der Waals surface area contributed by atoms with Gasteiger partial charge in [0.1, 0.15) is 0 Å². The Balaban J connectivity index is 1.50. The highest BCUT2D eigenvalue weighted by molar-refractivity contribution is 5.11. The van der Waals surface area contributed by atoms with Crippen molar-refractivity contribution in [3.8, 4) is 0 Å². The molecule has 0 aromatic carbocycles. The molecule has 3 heteroatoms. The number of pyridine rings is 1. The van der Waals surface area contributed by atoms with Gasteiger partial charge in [-0.2, -0.15) is 0 Å². The lowest BCUT2D eigenvalue weighted by atomic mass is 9.54. The minimum Gasteiger partial charge on any atom is -0.329 e. The van der Waals surface area contributed by atoms with Crippen molar-refractivity contribution in [2.45, 2.75) is 44.2 Å². The predicted octanol–water partition coefficient (Wildman–Crippen LogP) is 2.50.